The highest BCUT2D eigenvalue weighted by molar-refractivity contribution is 7.88. The zero-order chi connectivity index (χ0) is 13.7. The van der Waals surface area contributed by atoms with Gasteiger partial charge in [0.1, 0.15) is 0 Å². The molecule has 0 saturated carbocycles. The molecule has 0 atom stereocenters. The summed E-state index contributed by atoms with van der Waals surface area (Å²) in [6.07, 6.45) is 0.721. The van der Waals surface area contributed by atoms with E-state index < -0.39 is 10.0 Å². The number of nitrogen functional groups attached to an aromatic ring is 1. The number of hydrogen-bond donors (Lipinski definition) is 2. The summed E-state index contributed by atoms with van der Waals surface area (Å²) in [5.74, 6) is -0.0162. The maximum absolute atomic E-state index is 11.9. The van der Waals surface area contributed by atoms with Crippen molar-refractivity contribution in [3.8, 4) is 0 Å². The van der Waals surface area contributed by atoms with Gasteiger partial charge in [0.15, 0.2) is 0 Å². The van der Waals surface area contributed by atoms with Crippen molar-refractivity contribution in [3.05, 3.63) is 52.2 Å². The lowest BCUT2D eigenvalue weighted by atomic mass is 10.2. The van der Waals surface area contributed by atoms with Crippen LogP contribution in [0.25, 0.3) is 0 Å². The van der Waals surface area contributed by atoms with Crippen LogP contribution in [0.3, 0.4) is 0 Å². The van der Waals surface area contributed by atoms with Crippen molar-refractivity contribution >= 4 is 27.0 Å². The van der Waals surface area contributed by atoms with Gasteiger partial charge in [0, 0.05) is 17.1 Å². The molecule has 0 aliphatic carbocycles. The largest absolute Gasteiger partial charge is 0.399 e. The third kappa shape index (κ3) is 4.66. The van der Waals surface area contributed by atoms with E-state index in [1.54, 1.807) is 35.6 Å². The van der Waals surface area contributed by atoms with Gasteiger partial charge in [-0.25, -0.2) is 13.1 Å². The molecule has 0 radical (unpaired) electrons. The summed E-state index contributed by atoms with van der Waals surface area (Å²) in [4.78, 5) is 1.18. The number of benzene rings is 1. The van der Waals surface area contributed by atoms with Crippen molar-refractivity contribution in [2.24, 2.45) is 0 Å². The van der Waals surface area contributed by atoms with Crippen molar-refractivity contribution < 1.29 is 8.42 Å². The lowest BCUT2D eigenvalue weighted by Gasteiger charge is -2.06. The summed E-state index contributed by atoms with van der Waals surface area (Å²) in [5.41, 5.74) is 6.93. The zero-order valence-corrected chi connectivity index (χ0v) is 12.0. The number of rotatable bonds is 6. The van der Waals surface area contributed by atoms with E-state index in [9.17, 15) is 8.42 Å². The van der Waals surface area contributed by atoms with Crippen LogP contribution in [-0.2, 0) is 22.2 Å². The molecule has 4 nitrogen and oxygen atoms in total. The smallest absolute Gasteiger partial charge is 0.215 e. The lowest BCUT2D eigenvalue weighted by molar-refractivity contribution is 0.581. The van der Waals surface area contributed by atoms with Gasteiger partial charge in [-0.2, -0.15) is 0 Å². The van der Waals surface area contributed by atoms with E-state index in [0.29, 0.717) is 12.2 Å². The maximum atomic E-state index is 11.9. The molecular weight excluding hydrogens is 280 g/mol. The number of anilines is 1. The quantitative estimate of drug-likeness (QED) is 0.801. The highest BCUT2D eigenvalue weighted by Crippen LogP contribution is 2.10. The molecule has 0 amide bonds. The highest BCUT2D eigenvalue weighted by atomic mass is 32.2. The minimum Gasteiger partial charge on any atom is -0.399 e. The van der Waals surface area contributed by atoms with Crippen molar-refractivity contribution in [2.45, 2.75) is 12.2 Å². The second-order valence-electron chi connectivity index (χ2n) is 4.22. The first kappa shape index (κ1) is 14.0. The molecule has 0 saturated heterocycles. The van der Waals surface area contributed by atoms with Gasteiger partial charge in [-0.15, -0.1) is 11.3 Å². The Bertz CT molecular complexity index is 605. The molecule has 1 aromatic heterocycles. The molecule has 0 spiro atoms. The summed E-state index contributed by atoms with van der Waals surface area (Å²) in [6.45, 7) is 0.428. The minimum atomic E-state index is -3.29. The van der Waals surface area contributed by atoms with E-state index in [2.05, 4.69) is 4.72 Å². The second kappa shape index (κ2) is 6.18. The van der Waals surface area contributed by atoms with Gasteiger partial charge in [0.2, 0.25) is 10.0 Å². The number of hydrogen-bond acceptors (Lipinski definition) is 4. The van der Waals surface area contributed by atoms with E-state index in [0.717, 1.165) is 12.0 Å². The fourth-order valence-corrected chi connectivity index (χ4v) is 3.52. The molecule has 6 heteroatoms. The number of thiophene rings is 1. The van der Waals surface area contributed by atoms with Crippen molar-refractivity contribution in [1.29, 1.82) is 0 Å². The monoisotopic (exact) mass is 296 g/mol. The van der Waals surface area contributed by atoms with Crippen molar-refractivity contribution in [3.63, 3.8) is 0 Å². The number of nitrogens with one attached hydrogen (secondary N) is 1. The fraction of sp³-hybridized carbons (Fsp3) is 0.231. The summed E-state index contributed by atoms with van der Waals surface area (Å²) < 4.78 is 26.4. The lowest BCUT2D eigenvalue weighted by Crippen LogP contribution is -2.27. The number of sulfonamides is 1. The van der Waals surface area contributed by atoms with Crippen LogP contribution in [0.4, 0.5) is 5.69 Å². The average molecular weight is 296 g/mol. The van der Waals surface area contributed by atoms with Crippen LogP contribution in [0.1, 0.15) is 10.4 Å². The average Bonchev–Trinajstić information content (AvgIpc) is 2.85. The Morgan fingerprint density at radius 1 is 1.16 bits per heavy atom. The summed E-state index contributed by atoms with van der Waals surface area (Å²) >= 11 is 1.63. The SMILES string of the molecule is Nc1ccc(CS(=O)(=O)NCCc2cccs2)cc1. The predicted molar refractivity (Wildman–Crippen MR) is 79.5 cm³/mol. The van der Waals surface area contributed by atoms with Crippen LogP contribution in [0.5, 0.6) is 0 Å². The van der Waals surface area contributed by atoms with Gasteiger partial charge in [0.25, 0.3) is 0 Å². The molecule has 19 heavy (non-hydrogen) atoms. The summed E-state index contributed by atoms with van der Waals surface area (Å²) in [5, 5.41) is 1.98. The topological polar surface area (TPSA) is 72.2 Å². The summed E-state index contributed by atoms with van der Waals surface area (Å²) in [6, 6.07) is 10.8. The molecule has 2 aromatic rings. The molecule has 0 aliphatic heterocycles. The van der Waals surface area contributed by atoms with E-state index in [-0.39, 0.29) is 5.75 Å². The molecular formula is C13H16N2O2S2. The van der Waals surface area contributed by atoms with Crippen LogP contribution < -0.4 is 10.5 Å². The Kier molecular flexibility index (Phi) is 4.57. The molecule has 0 aliphatic rings. The van der Waals surface area contributed by atoms with E-state index in [1.165, 1.54) is 4.88 Å². The minimum absolute atomic E-state index is 0.0162. The molecule has 0 fully saturated rings. The molecule has 0 unspecified atom stereocenters. The standard InChI is InChI=1S/C13H16N2O2S2/c14-12-5-3-11(4-6-12)10-19(16,17)15-8-7-13-2-1-9-18-13/h1-6,9,15H,7-8,10,14H2. The molecule has 3 N–H and O–H groups in total. The second-order valence-corrected chi connectivity index (χ2v) is 7.06. The van der Waals surface area contributed by atoms with Gasteiger partial charge in [-0.05, 0) is 35.6 Å². The Morgan fingerprint density at radius 2 is 1.89 bits per heavy atom. The Morgan fingerprint density at radius 3 is 2.53 bits per heavy atom. The summed E-state index contributed by atoms with van der Waals surface area (Å²) in [7, 11) is -3.29. The fourth-order valence-electron chi connectivity index (χ4n) is 1.67. The third-order valence-electron chi connectivity index (χ3n) is 2.61. The van der Waals surface area contributed by atoms with Crippen molar-refractivity contribution in [2.75, 3.05) is 12.3 Å². The number of nitrogens with two attached hydrogens (primary N) is 1. The van der Waals surface area contributed by atoms with E-state index >= 15 is 0 Å². The highest BCUT2D eigenvalue weighted by Gasteiger charge is 2.10. The molecule has 2 rings (SSSR count). The third-order valence-corrected chi connectivity index (χ3v) is 4.90. The first-order valence-electron chi connectivity index (χ1n) is 5.89. The molecule has 1 heterocycles. The van der Waals surface area contributed by atoms with E-state index in [1.807, 2.05) is 17.5 Å². The van der Waals surface area contributed by atoms with Gasteiger partial charge in [0.05, 0.1) is 5.75 Å². The van der Waals surface area contributed by atoms with Crippen molar-refractivity contribution in [1.82, 2.24) is 4.72 Å². The Labute approximate surface area is 117 Å². The van der Waals surface area contributed by atoms with Gasteiger partial charge in [-0.3, -0.25) is 0 Å². The molecule has 1 aromatic carbocycles. The zero-order valence-electron chi connectivity index (χ0n) is 10.4. The molecule has 0 bridgehead atoms. The Hall–Kier alpha value is -1.37. The van der Waals surface area contributed by atoms with Gasteiger partial charge in [-0.1, -0.05) is 18.2 Å². The van der Waals surface area contributed by atoms with Crippen LogP contribution in [-0.4, -0.2) is 15.0 Å². The maximum Gasteiger partial charge on any atom is 0.215 e. The van der Waals surface area contributed by atoms with Gasteiger partial charge >= 0.3 is 0 Å². The first-order valence-corrected chi connectivity index (χ1v) is 8.42. The van der Waals surface area contributed by atoms with Gasteiger partial charge < -0.3 is 5.73 Å². The Balaban J connectivity index is 1.86. The van der Waals surface area contributed by atoms with E-state index in [4.69, 9.17) is 5.73 Å². The van der Waals surface area contributed by atoms with Crippen LogP contribution in [0.2, 0.25) is 0 Å². The van der Waals surface area contributed by atoms with Crippen LogP contribution in [0, 0.1) is 0 Å². The van der Waals surface area contributed by atoms with Crippen LogP contribution in [0.15, 0.2) is 41.8 Å². The normalized spacial score (nSPS) is 11.6. The first-order chi connectivity index (χ1) is 9.05. The predicted octanol–water partition coefficient (Wildman–Crippen LogP) is 1.99. The van der Waals surface area contributed by atoms with Crippen LogP contribution >= 0.6 is 11.3 Å². The molecule has 102 valence electrons.